The van der Waals surface area contributed by atoms with Gasteiger partial charge in [0.1, 0.15) is 0 Å². The molecule has 0 aliphatic heterocycles. The van der Waals surface area contributed by atoms with Gasteiger partial charge in [-0.2, -0.15) is 0 Å². The van der Waals surface area contributed by atoms with E-state index in [-0.39, 0.29) is 16.6 Å². The molecule has 0 saturated heterocycles. The summed E-state index contributed by atoms with van der Waals surface area (Å²) in [4.78, 5) is 13.8. The molecule has 0 aliphatic carbocycles. The van der Waals surface area contributed by atoms with Crippen LogP contribution in [0.2, 0.25) is 0 Å². The Bertz CT molecular complexity index is 994. The van der Waals surface area contributed by atoms with Crippen LogP contribution in [0.3, 0.4) is 0 Å². The van der Waals surface area contributed by atoms with Crippen LogP contribution in [-0.2, 0) is 31.5 Å². The molecule has 0 N–H and O–H groups in total. The molecule has 0 aliphatic rings. The van der Waals surface area contributed by atoms with Crippen LogP contribution in [0.15, 0.2) is 78.9 Å². The molecule has 0 heterocycles. The number of benzene rings is 3. The van der Waals surface area contributed by atoms with Crippen molar-refractivity contribution in [3.8, 4) is 0 Å². The molecule has 3 aromatic rings. The highest BCUT2D eigenvalue weighted by molar-refractivity contribution is 7.68. The van der Waals surface area contributed by atoms with E-state index in [1.54, 1.807) is 12.1 Å². The number of ketones is 1. The third kappa shape index (κ3) is 4.52. The van der Waals surface area contributed by atoms with Gasteiger partial charge in [-0.05, 0) is 22.0 Å². The molecular formula is C28H31O2S+. The van der Waals surface area contributed by atoms with E-state index in [9.17, 15) is 9.00 Å². The molecule has 160 valence electrons. The van der Waals surface area contributed by atoms with Gasteiger partial charge in [0.25, 0.3) is 0 Å². The monoisotopic (exact) mass is 431 g/mol. The first-order valence-corrected chi connectivity index (χ1v) is 11.4. The third-order valence-electron chi connectivity index (χ3n) is 5.80. The first kappa shape index (κ1) is 23.0. The first-order chi connectivity index (χ1) is 14.5. The standard InChI is InChI=1S/C28H31O2S/c1-26(2,3)21-12-16-23(17-13-21)28(31-30,25(29)20-10-8-7-9-11-20)24-18-14-22(15-19-24)27(4,5)6/h7-19H,1-6H3/q+1. The molecule has 3 heteroatoms. The van der Waals surface area contributed by atoms with Crippen molar-refractivity contribution in [2.24, 2.45) is 0 Å². The van der Waals surface area contributed by atoms with Crippen molar-refractivity contribution in [2.75, 3.05) is 0 Å². The summed E-state index contributed by atoms with van der Waals surface area (Å²) < 4.78 is 11.5. The predicted molar refractivity (Wildman–Crippen MR) is 130 cm³/mol. The highest BCUT2D eigenvalue weighted by Gasteiger charge is 2.56. The normalized spacial score (nSPS) is 12.5. The molecule has 0 saturated carbocycles. The smallest absolute Gasteiger partial charge is 0.286 e. The molecule has 0 unspecified atom stereocenters. The quantitative estimate of drug-likeness (QED) is 0.327. The maximum Gasteiger partial charge on any atom is 0.484 e. The maximum atomic E-state index is 13.8. The predicted octanol–water partition coefficient (Wildman–Crippen LogP) is 6.84. The van der Waals surface area contributed by atoms with Gasteiger partial charge in [-0.15, -0.1) is 0 Å². The van der Waals surface area contributed by atoms with Crippen molar-refractivity contribution in [3.05, 3.63) is 107 Å². The lowest BCUT2D eigenvalue weighted by molar-refractivity contribution is 0.0958. The second-order valence-corrected chi connectivity index (χ2v) is 10.9. The summed E-state index contributed by atoms with van der Waals surface area (Å²) in [5, 5.41) is 0. The van der Waals surface area contributed by atoms with E-state index in [2.05, 4.69) is 41.5 Å². The van der Waals surface area contributed by atoms with Crippen LogP contribution in [-0.4, -0.2) is 5.78 Å². The lowest BCUT2D eigenvalue weighted by Gasteiger charge is -2.23. The van der Waals surface area contributed by atoms with Crippen LogP contribution < -0.4 is 0 Å². The molecule has 3 rings (SSSR count). The maximum absolute atomic E-state index is 13.8. The fourth-order valence-electron chi connectivity index (χ4n) is 3.77. The Hall–Kier alpha value is -2.65. The molecule has 0 amide bonds. The minimum atomic E-state index is -1.35. The summed E-state index contributed by atoms with van der Waals surface area (Å²) >= 11 is 0.354. The zero-order valence-electron chi connectivity index (χ0n) is 19.2. The van der Waals surface area contributed by atoms with Crippen LogP contribution in [0.5, 0.6) is 0 Å². The van der Waals surface area contributed by atoms with Gasteiger partial charge >= 0.3 is 16.4 Å². The van der Waals surface area contributed by atoms with E-state index in [1.807, 2.05) is 66.7 Å². The minimum absolute atomic E-state index is 0.0103. The molecule has 0 aromatic heterocycles. The Kier molecular flexibility index (Phi) is 6.29. The van der Waals surface area contributed by atoms with Crippen molar-refractivity contribution >= 4 is 17.4 Å². The van der Waals surface area contributed by atoms with Crippen molar-refractivity contribution < 1.29 is 9.00 Å². The molecule has 3 aromatic carbocycles. The van der Waals surface area contributed by atoms with Crippen molar-refractivity contribution in [1.82, 2.24) is 0 Å². The number of Topliss-reactive ketones (excluding diaryl/α,β-unsaturated/α-hetero) is 1. The average molecular weight is 432 g/mol. The zero-order valence-corrected chi connectivity index (χ0v) is 20.0. The summed E-state index contributed by atoms with van der Waals surface area (Å²) in [6.45, 7) is 12.9. The molecule has 0 atom stereocenters. The molecule has 0 bridgehead atoms. The second kappa shape index (κ2) is 8.47. The second-order valence-electron chi connectivity index (χ2n) is 10.1. The molecule has 0 spiro atoms. The Morgan fingerprint density at radius 2 is 0.935 bits per heavy atom. The van der Waals surface area contributed by atoms with Crippen LogP contribution in [0.1, 0.15) is 74.2 Å². The SMILES string of the molecule is CC(C)(C)c1ccc(C([S+]=O)(C(=O)c2ccccc2)c2ccc(C(C)(C)C)cc2)cc1. The molecule has 0 fully saturated rings. The fraction of sp³-hybridized carbons (Fsp3) is 0.321. The minimum Gasteiger partial charge on any atom is -0.286 e. The summed E-state index contributed by atoms with van der Waals surface area (Å²) in [7, 11) is 0. The van der Waals surface area contributed by atoms with Crippen LogP contribution in [0, 0.1) is 0 Å². The lowest BCUT2D eigenvalue weighted by atomic mass is 9.79. The average Bonchev–Trinajstić information content (AvgIpc) is 2.74. The number of hydrogen-bond acceptors (Lipinski definition) is 2. The van der Waals surface area contributed by atoms with Crippen molar-refractivity contribution in [1.29, 1.82) is 0 Å². The van der Waals surface area contributed by atoms with E-state index in [1.165, 1.54) is 0 Å². The number of carbonyl (C=O) groups is 1. The number of hydrogen-bond donors (Lipinski definition) is 0. The highest BCUT2D eigenvalue weighted by atomic mass is 32.1. The Balaban J connectivity index is 2.22. The van der Waals surface area contributed by atoms with E-state index < -0.39 is 4.75 Å². The van der Waals surface area contributed by atoms with Gasteiger partial charge in [-0.1, -0.05) is 120 Å². The fourth-order valence-corrected chi connectivity index (χ4v) is 4.42. The topological polar surface area (TPSA) is 34.1 Å². The van der Waals surface area contributed by atoms with Gasteiger partial charge in [0.05, 0.1) is 0 Å². The van der Waals surface area contributed by atoms with Gasteiger partial charge in [0.15, 0.2) is 0 Å². The van der Waals surface area contributed by atoms with Crippen molar-refractivity contribution in [2.45, 2.75) is 57.1 Å². The van der Waals surface area contributed by atoms with Crippen LogP contribution >= 0.6 is 0 Å². The number of rotatable bonds is 5. The van der Waals surface area contributed by atoms with Crippen LogP contribution in [0.4, 0.5) is 0 Å². The summed E-state index contributed by atoms with van der Waals surface area (Å²) in [5.74, 6) is -0.194. The zero-order chi connectivity index (χ0) is 22.9. The van der Waals surface area contributed by atoms with Gasteiger partial charge in [-0.25, -0.2) is 0 Å². The van der Waals surface area contributed by atoms with E-state index in [0.717, 1.165) is 11.1 Å². The van der Waals surface area contributed by atoms with Gasteiger partial charge in [-0.3, -0.25) is 4.79 Å². The largest absolute Gasteiger partial charge is 0.484 e. The Morgan fingerprint density at radius 3 is 1.26 bits per heavy atom. The van der Waals surface area contributed by atoms with Gasteiger partial charge in [0, 0.05) is 20.9 Å². The Morgan fingerprint density at radius 1 is 0.581 bits per heavy atom. The molecular weight excluding hydrogens is 400 g/mol. The summed E-state index contributed by atoms with van der Waals surface area (Å²) in [5.41, 5.74) is 4.25. The highest BCUT2D eigenvalue weighted by Crippen LogP contribution is 2.38. The summed E-state index contributed by atoms with van der Waals surface area (Å²) in [6, 6.07) is 25.0. The summed E-state index contributed by atoms with van der Waals surface area (Å²) in [6.07, 6.45) is 0. The molecule has 0 radical (unpaired) electrons. The van der Waals surface area contributed by atoms with Crippen molar-refractivity contribution in [3.63, 3.8) is 0 Å². The molecule has 2 nitrogen and oxygen atoms in total. The van der Waals surface area contributed by atoms with E-state index in [0.29, 0.717) is 28.4 Å². The van der Waals surface area contributed by atoms with E-state index >= 15 is 0 Å². The molecule has 31 heavy (non-hydrogen) atoms. The van der Waals surface area contributed by atoms with Gasteiger partial charge in [0.2, 0.25) is 5.78 Å². The first-order valence-electron chi connectivity index (χ1n) is 10.6. The van der Waals surface area contributed by atoms with E-state index in [4.69, 9.17) is 0 Å². The van der Waals surface area contributed by atoms with Crippen LogP contribution in [0.25, 0.3) is 0 Å². The Labute approximate surface area is 190 Å². The third-order valence-corrected chi connectivity index (χ3v) is 6.70. The number of carbonyl (C=O) groups excluding carboxylic acids is 1. The lowest BCUT2D eigenvalue weighted by Crippen LogP contribution is -2.36. The van der Waals surface area contributed by atoms with Gasteiger partial charge < -0.3 is 0 Å².